The lowest BCUT2D eigenvalue weighted by molar-refractivity contribution is 0.483. The van der Waals surface area contributed by atoms with Gasteiger partial charge >= 0.3 is 0 Å². The van der Waals surface area contributed by atoms with E-state index in [9.17, 15) is 4.79 Å². The summed E-state index contributed by atoms with van der Waals surface area (Å²) >= 11 is 0. The number of para-hydroxylation sites is 1. The Morgan fingerprint density at radius 3 is 2.56 bits per heavy atom. The molecule has 0 atom stereocenters. The van der Waals surface area contributed by atoms with Crippen LogP contribution in [0.3, 0.4) is 0 Å². The van der Waals surface area contributed by atoms with Gasteiger partial charge in [-0.2, -0.15) is 4.99 Å². The first-order valence-corrected chi connectivity index (χ1v) is 8.67. The molecule has 0 unspecified atom stereocenters. The number of rotatable bonds is 6. The van der Waals surface area contributed by atoms with Gasteiger partial charge in [0.15, 0.2) is 0 Å². The van der Waals surface area contributed by atoms with E-state index in [1.165, 1.54) is 6.07 Å². The zero-order chi connectivity index (χ0) is 19.1. The third kappa shape index (κ3) is 5.43. The second kappa shape index (κ2) is 8.66. The van der Waals surface area contributed by atoms with Crippen LogP contribution >= 0.6 is 0 Å². The SMILES string of the molecule is CCCc1cc(=O)[nH]c(N=C(N)Nc2ccc(Oc3ccccc3)cc2)n1. The Hall–Kier alpha value is -3.61. The number of benzene rings is 2. The van der Waals surface area contributed by atoms with Gasteiger partial charge in [-0.05, 0) is 42.8 Å². The van der Waals surface area contributed by atoms with E-state index in [1.54, 1.807) is 0 Å². The van der Waals surface area contributed by atoms with Crippen LogP contribution in [0.5, 0.6) is 11.5 Å². The molecule has 0 spiro atoms. The maximum Gasteiger partial charge on any atom is 0.252 e. The summed E-state index contributed by atoms with van der Waals surface area (Å²) in [5, 5.41) is 2.96. The molecule has 0 aliphatic heterocycles. The van der Waals surface area contributed by atoms with Crippen LogP contribution in [0.15, 0.2) is 70.5 Å². The number of H-pyrrole nitrogens is 1. The van der Waals surface area contributed by atoms with Gasteiger partial charge < -0.3 is 15.8 Å². The number of nitrogens with one attached hydrogen (secondary N) is 2. The van der Waals surface area contributed by atoms with Crippen molar-refractivity contribution in [2.24, 2.45) is 10.7 Å². The van der Waals surface area contributed by atoms with Gasteiger partial charge in [0.05, 0.1) is 0 Å². The molecule has 0 saturated carbocycles. The van der Waals surface area contributed by atoms with E-state index in [0.717, 1.165) is 17.9 Å². The van der Waals surface area contributed by atoms with Crippen LogP contribution in [0.1, 0.15) is 19.0 Å². The molecule has 0 radical (unpaired) electrons. The Morgan fingerprint density at radius 2 is 1.85 bits per heavy atom. The fraction of sp³-hybridized carbons (Fsp3) is 0.150. The maximum atomic E-state index is 11.7. The highest BCUT2D eigenvalue weighted by Crippen LogP contribution is 2.22. The highest BCUT2D eigenvalue weighted by molar-refractivity contribution is 5.93. The molecule has 1 aromatic heterocycles. The third-order valence-corrected chi connectivity index (χ3v) is 3.62. The van der Waals surface area contributed by atoms with Crippen molar-refractivity contribution in [3.05, 3.63) is 76.7 Å². The molecule has 3 aromatic rings. The molecule has 4 N–H and O–H groups in total. The average Bonchev–Trinajstić information content (AvgIpc) is 2.64. The molecule has 3 rings (SSSR count). The number of aromatic nitrogens is 2. The van der Waals surface area contributed by atoms with Crippen molar-refractivity contribution in [2.75, 3.05) is 5.32 Å². The van der Waals surface area contributed by atoms with Crippen LogP contribution < -0.4 is 21.3 Å². The summed E-state index contributed by atoms with van der Waals surface area (Å²) in [6, 6.07) is 18.3. The summed E-state index contributed by atoms with van der Waals surface area (Å²) in [4.78, 5) is 22.7. The summed E-state index contributed by atoms with van der Waals surface area (Å²) in [6.45, 7) is 2.02. The molecular formula is C20H21N5O2. The molecule has 7 nitrogen and oxygen atoms in total. The van der Waals surface area contributed by atoms with E-state index >= 15 is 0 Å². The van der Waals surface area contributed by atoms with Gasteiger partial charge in [0.25, 0.3) is 5.56 Å². The molecular weight excluding hydrogens is 342 g/mol. The molecule has 0 bridgehead atoms. The number of anilines is 1. The molecule has 7 heteroatoms. The molecule has 0 aliphatic carbocycles. The number of hydrogen-bond donors (Lipinski definition) is 3. The Balaban J connectivity index is 1.68. The van der Waals surface area contributed by atoms with Crippen LogP contribution in [0.2, 0.25) is 0 Å². The number of guanidine groups is 1. The molecule has 138 valence electrons. The topological polar surface area (TPSA) is 105 Å². The second-order valence-corrected chi connectivity index (χ2v) is 5.87. The summed E-state index contributed by atoms with van der Waals surface area (Å²) in [5.74, 6) is 1.78. The van der Waals surface area contributed by atoms with Gasteiger partial charge in [-0.25, -0.2) is 4.98 Å². The summed E-state index contributed by atoms with van der Waals surface area (Å²) in [6.07, 6.45) is 1.60. The molecule has 2 aromatic carbocycles. The summed E-state index contributed by atoms with van der Waals surface area (Å²) in [5.41, 5.74) is 7.10. The summed E-state index contributed by atoms with van der Waals surface area (Å²) in [7, 11) is 0. The number of aliphatic imine (C=N–C) groups is 1. The lowest BCUT2D eigenvalue weighted by Gasteiger charge is -2.08. The zero-order valence-corrected chi connectivity index (χ0v) is 15.0. The normalized spacial score (nSPS) is 11.2. The van der Waals surface area contributed by atoms with Crippen LogP contribution in [0, 0.1) is 0 Å². The van der Waals surface area contributed by atoms with E-state index in [0.29, 0.717) is 17.9 Å². The van der Waals surface area contributed by atoms with Crippen LogP contribution in [-0.4, -0.2) is 15.9 Å². The lowest BCUT2D eigenvalue weighted by Crippen LogP contribution is -2.22. The van der Waals surface area contributed by atoms with Crippen LogP contribution in [0.4, 0.5) is 11.6 Å². The van der Waals surface area contributed by atoms with Crippen LogP contribution in [0.25, 0.3) is 0 Å². The van der Waals surface area contributed by atoms with Gasteiger partial charge in [0, 0.05) is 17.4 Å². The average molecular weight is 363 g/mol. The van der Waals surface area contributed by atoms with Crippen molar-refractivity contribution in [1.82, 2.24) is 9.97 Å². The predicted molar refractivity (Wildman–Crippen MR) is 107 cm³/mol. The number of nitrogens with zero attached hydrogens (tertiary/aromatic N) is 2. The van der Waals surface area contributed by atoms with Gasteiger partial charge in [-0.15, -0.1) is 0 Å². The highest BCUT2D eigenvalue weighted by Gasteiger charge is 2.02. The van der Waals surface area contributed by atoms with Gasteiger partial charge in [-0.3, -0.25) is 9.78 Å². The first-order valence-electron chi connectivity index (χ1n) is 8.67. The van der Waals surface area contributed by atoms with E-state index < -0.39 is 0 Å². The fourth-order valence-corrected chi connectivity index (χ4v) is 2.45. The summed E-state index contributed by atoms with van der Waals surface area (Å²) < 4.78 is 5.74. The van der Waals surface area contributed by atoms with E-state index in [-0.39, 0.29) is 17.5 Å². The molecule has 0 fully saturated rings. The molecule has 0 aliphatic rings. The minimum atomic E-state index is -0.248. The Bertz CT molecular complexity index is 966. The van der Waals surface area contributed by atoms with Crippen molar-refractivity contribution in [3.8, 4) is 11.5 Å². The van der Waals surface area contributed by atoms with Crippen molar-refractivity contribution in [1.29, 1.82) is 0 Å². The minimum Gasteiger partial charge on any atom is -0.457 e. The number of aryl methyl sites for hydroxylation is 1. The lowest BCUT2D eigenvalue weighted by atomic mass is 10.2. The zero-order valence-electron chi connectivity index (χ0n) is 15.0. The van der Waals surface area contributed by atoms with Gasteiger partial charge in [0.2, 0.25) is 11.9 Å². The van der Waals surface area contributed by atoms with Crippen LogP contribution in [-0.2, 0) is 6.42 Å². The van der Waals surface area contributed by atoms with Gasteiger partial charge in [0.1, 0.15) is 11.5 Å². The smallest absolute Gasteiger partial charge is 0.252 e. The third-order valence-electron chi connectivity index (χ3n) is 3.62. The second-order valence-electron chi connectivity index (χ2n) is 5.87. The van der Waals surface area contributed by atoms with Crippen molar-refractivity contribution in [3.63, 3.8) is 0 Å². The Kier molecular flexibility index (Phi) is 5.84. The van der Waals surface area contributed by atoms with Crippen molar-refractivity contribution >= 4 is 17.6 Å². The monoisotopic (exact) mass is 363 g/mol. The largest absolute Gasteiger partial charge is 0.457 e. The Labute approximate surface area is 157 Å². The number of nitrogens with two attached hydrogens (primary N) is 1. The highest BCUT2D eigenvalue weighted by atomic mass is 16.5. The predicted octanol–water partition coefficient (Wildman–Crippen LogP) is 3.57. The number of ether oxygens (including phenoxy) is 1. The molecule has 0 amide bonds. The molecule has 1 heterocycles. The van der Waals surface area contributed by atoms with E-state index in [1.807, 2.05) is 61.5 Å². The van der Waals surface area contributed by atoms with Crippen molar-refractivity contribution in [2.45, 2.75) is 19.8 Å². The van der Waals surface area contributed by atoms with E-state index in [4.69, 9.17) is 10.5 Å². The van der Waals surface area contributed by atoms with Crippen molar-refractivity contribution < 1.29 is 4.74 Å². The fourth-order valence-electron chi connectivity index (χ4n) is 2.45. The van der Waals surface area contributed by atoms with E-state index in [2.05, 4.69) is 20.3 Å². The number of aromatic amines is 1. The maximum absolute atomic E-state index is 11.7. The Morgan fingerprint density at radius 1 is 1.15 bits per heavy atom. The first-order chi connectivity index (χ1) is 13.1. The standard InChI is InChI=1S/C20H21N5O2/c1-2-6-15-13-18(26)24-20(23-15)25-19(21)22-14-9-11-17(12-10-14)27-16-7-4-3-5-8-16/h3-5,7-13H,2,6H2,1H3,(H4,21,22,23,24,25,26). The van der Waals surface area contributed by atoms with Gasteiger partial charge in [-0.1, -0.05) is 31.5 Å². The molecule has 27 heavy (non-hydrogen) atoms. The first kappa shape index (κ1) is 18.2. The molecule has 0 saturated heterocycles. The number of hydrogen-bond acceptors (Lipinski definition) is 4. The quantitative estimate of drug-likeness (QED) is 0.459. The minimum absolute atomic E-state index is 0.128.